The molecule has 2 atom stereocenters. The number of aryl methyl sites for hydroxylation is 1. The zero-order valence-corrected chi connectivity index (χ0v) is 19.1. The molecule has 5 heteroatoms. The highest BCUT2D eigenvalue weighted by Gasteiger charge is 2.42. The van der Waals surface area contributed by atoms with Crippen LogP contribution >= 0.6 is 0 Å². The van der Waals surface area contributed by atoms with Crippen LogP contribution in [0.5, 0.6) is 5.75 Å². The van der Waals surface area contributed by atoms with Gasteiger partial charge in [0.2, 0.25) is 5.92 Å². The number of aldehydes is 1. The standard InChI is InChI=1S/C28H33F2NO2/c29-28(30)13-9-20(10-14-28)25-7-3-22-17-24(33)6-8-26(22)27(25)21-1-4-23(5-2-21)31-15-11-19(18-32)12-16-31/h1-2,4-6,8,17-20,25,27,33H,3,7,9-16H2/t25-,27?/m1/s1. The van der Waals surface area contributed by atoms with E-state index >= 15 is 0 Å². The molecule has 0 radical (unpaired) electrons. The van der Waals surface area contributed by atoms with Gasteiger partial charge in [-0.05, 0) is 91.3 Å². The molecule has 3 aliphatic rings. The maximum atomic E-state index is 13.9. The van der Waals surface area contributed by atoms with Crippen LogP contribution in [0.3, 0.4) is 0 Å². The summed E-state index contributed by atoms with van der Waals surface area (Å²) in [7, 11) is 0. The molecule has 1 N–H and O–H groups in total. The zero-order valence-electron chi connectivity index (χ0n) is 19.1. The van der Waals surface area contributed by atoms with Crippen LogP contribution in [-0.2, 0) is 11.2 Å². The lowest BCUT2D eigenvalue weighted by Gasteiger charge is -2.42. The Balaban J connectivity index is 1.42. The minimum absolute atomic E-state index is 0.000990. The van der Waals surface area contributed by atoms with Crippen molar-refractivity contribution in [1.82, 2.24) is 0 Å². The van der Waals surface area contributed by atoms with Crippen molar-refractivity contribution in [2.45, 2.75) is 63.2 Å². The molecule has 0 amide bonds. The summed E-state index contributed by atoms with van der Waals surface area (Å²) < 4.78 is 27.7. The molecule has 1 saturated carbocycles. The van der Waals surface area contributed by atoms with Crippen molar-refractivity contribution in [1.29, 1.82) is 0 Å². The molecule has 3 nitrogen and oxygen atoms in total. The highest BCUT2D eigenvalue weighted by Crippen LogP contribution is 2.50. The van der Waals surface area contributed by atoms with Crippen molar-refractivity contribution < 1.29 is 18.7 Å². The fraction of sp³-hybridized carbons (Fsp3) is 0.536. The second-order valence-electron chi connectivity index (χ2n) is 10.3. The lowest BCUT2D eigenvalue weighted by Crippen LogP contribution is -2.34. The Labute approximate surface area is 194 Å². The number of alkyl halides is 2. The van der Waals surface area contributed by atoms with Crippen LogP contribution in [0, 0.1) is 17.8 Å². The number of carbonyl (C=O) groups is 1. The van der Waals surface area contributed by atoms with Gasteiger partial charge >= 0.3 is 0 Å². The lowest BCUT2D eigenvalue weighted by molar-refractivity contribution is -0.111. The highest BCUT2D eigenvalue weighted by atomic mass is 19.3. The third-order valence-corrected chi connectivity index (χ3v) is 8.35. The van der Waals surface area contributed by atoms with Crippen molar-refractivity contribution in [3.63, 3.8) is 0 Å². The van der Waals surface area contributed by atoms with E-state index in [-0.39, 0.29) is 30.4 Å². The number of carbonyl (C=O) groups excluding carboxylic acids is 1. The van der Waals surface area contributed by atoms with Crippen molar-refractivity contribution in [3.8, 4) is 5.75 Å². The number of halogens is 2. The van der Waals surface area contributed by atoms with Crippen LogP contribution in [0.15, 0.2) is 42.5 Å². The van der Waals surface area contributed by atoms with E-state index in [0.29, 0.717) is 24.7 Å². The summed E-state index contributed by atoms with van der Waals surface area (Å²) in [5.74, 6) is -1.23. The quantitative estimate of drug-likeness (QED) is 0.550. The largest absolute Gasteiger partial charge is 0.508 e. The number of phenols is 1. The molecule has 1 heterocycles. The number of benzene rings is 2. The predicted molar refractivity (Wildman–Crippen MR) is 126 cm³/mol. The van der Waals surface area contributed by atoms with Crippen molar-refractivity contribution in [2.75, 3.05) is 18.0 Å². The molecule has 1 unspecified atom stereocenters. The van der Waals surface area contributed by atoms with Gasteiger partial charge in [0.05, 0.1) is 0 Å². The Bertz CT molecular complexity index is 972. The first-order valence-electron chi connectivity index (χ1n) is 12.4. The zero-order chi connectivity index (χ0) is 23.0. The molecular weight excluding hydrogens is 420 g/mol. The maximum absolute atomic E-state index is 13.9. The summed E-state index contributed by atoms with van der Waals surface area (Å²) in [5.41, 5.74) is 4.83. The molecule has 2 fully saturated rings. The number of aromatic hydroxyl groups is 1. The first-order valence-corrected chi connectivity index (χ1v) is 12.4. The molecule has 2 aliphatic carbocycles. The molecule has 2 aromatic carbocycles. The van der Waals surface area contributed by atoms with Gasteiger partial charge in [-0.1, -0.05) is 18.2 Å². The van der Waals surface area contributed by atoms with Gasteiger partial charge in [0.15, 0.2) is 0 Å². The Hall–Kier alpha value is -2.43. The predicted octanol–water partition coefficient (Wildman–Crippen LogP) is 6.33. The second kappa shape index (κ2) is 9.08. The average Bonchev–Trinajstić information content (AvgIpc) is 2.83. The Morgan fingerprint density at radius 1 is 0.939 bits per heavy atom. The molecular formula is C28H33F2NO2. The molecule has 1 aliphatic heterocycles. The molecule has 0 bridgehead atoms. The third kappa shape index (κ3) is 4.64. The summed E-state index contributed by atoms with van der Waals surface area (Å²) >= 11 is 0. The van der Waals surface area contributed by atoms with Crippen LogP contribution in [-0.4, -0.2) is 30.4 Å². The smallest absolute Gasteiger partial charge is 0.248 e. The number of phenolic OH excluding ortho intramolecular Hbond substituents is 1. The van der Waals surface area contributed by atoms with Gasteiger partial charge in [0.25, 0.3) is 0 Å². The first-order chi connectivity index (χ1) is 15.9. The third-order valence-electron chi connectivity index (χ3n) is 8.35. The number of piperidine rings is 1. The Morgan fingerprint density at radius 3 is 2.30 bits per heavy atom. The topological polar surface area (TPSA) is 40.5 Å². The second-order valence-corrected chi connectivity index (χ2v) is 10.3. The van der Waals surface area contributed by atoms with E-state index in [1.54, 1.807) is 6.07 Å². The lowest BCUT2D eigenvalue weighted by atomic mass is 9.64. The first kappa shape index (κ1) is 22.4. The van der Waals surface area contributed by atoms with Gasteiger partial charge in [-0.2, -0.15) is 0 Å². The Kier molecular flexibility index (Phi) is 6.15. The van der Waals surface area contributed by atoms with E-state index < -0.39 is 5.92 Å². The minimum atomic E-state index is -2.51. The fourth-order valence-electron chi connectivity index (χ4n) is 6.44. The van der Waals surface area contributed by atoms with E-state index in [0.717, 1.165) is 45.1 Å². The summed E-state index contributed by atoms with van der Waals surface area (Å²) in [6.45, 7) is 1.79. The van der Waals surface area contributed by atoms with E-state index in [1.165, 1.54) is 22.4 Å². The number of rotatable bonds is 4. The van der Waals surface area contributed by atoms with Gasteiger partial charge in [-0.25, -0.2) is 8.78 Å². The van der Waals surface area contributed by atoms with Crippen LogP contribution in [0.2, 0.25) is 0 Å². The van der Waals surface area contributed by atoms with Crippen LogP contribution in [0.25, 0.3) is 0 Å². The molecule has 176 valence electrons. The van der Waals surface area contributed by atoms with Crippen LogP contribution < -0.4 is 4.90 Å². The van der Waals surface area contributed by atoms with Gasteiger partial charge in [0.1, 0.15) is 12.0 Å². The number of fused-ring (bicyclic) bond motifs is 1. The molecule has 1 saturated heterocycles. The number of anilines is 1. The average molecular weight is 454 g/mol. The molecule has 0 spiro atoms. The van der Waals surface area contributed by atoms with Crippen LogP contribution in [0.1, 0.15) is 67.6 Å². The van der Waals surface area contributed by atoms with Gasteiger partial charge in [-0.15, -0.1) is 0 Å². The van der Waals surface area contributed by atoms with E-state index in [1.807, 2.05) is 12.1 Å². The molecule has 5 rings (SSSR count). The number of hydrogen-bond donors (Lipinski definition) is 1. The summed E-state index contributed by atoms with van der Waals surface area (Å²) in [4.78, 5) is 13.4. The summed E-state index contributed by atoms with van der Waals surface area (Å²) in [6.07, 6.45) is 5.92. The summed E-state index contributed by atoms with van der Waals surface area (Å²) in [6, 6.07) is 14.4. The van der Waals surface area contributed by atoms with Gasteiger partial charge in [-0.3, -0.25) is 0 Å². The van der Waals surface area contributed by atoms with E-state index in [9.17, 15) is 18.7 Å². The Morgan fingerprint density at radius 2 is 1.64 bits per heavy atom. The molecule has 33 heavy (non-hydrogen) atoms. The van der Waals surface area contributed by atoms with Crippen molar-refractivity contribution in [3.05, 3.63) is 59.2 Å². The maximum Gasteiger partial charge on any atom is 0.248 e. The normalized spacial score (nSPS) is 26.1. The SMILES string of the molecule is O=CC1CCN(c2ccc(C3c4ccc(O)cc4CC[C@@H]3C3CCC(F)(F)CC3)cc2)CC1. The summed E-state index contributed by atoms with van der Waals surface area (Å²) in [5, 5.41) is 10.0. The number of hydrogen-bond acceptors (Lipinski definition) is 3. The van der Waals surface area contributed by atoms with Crippen molar-refractivity contribution >= 4 is 12.0 Å². The van der Waals surface area contributed by atoms with Gasteiger partial charge < -0.3 is 14.8 Å². The van der Waals surface area contributed by atoms with Crippen molar-refractivity contribution in [2.24, 2.45) is 17.8 Å². The minimum Gasteiger partial charge on any atom is -0.508 e. The van der Waals surface area contributed by atoms with E-state index in [4.69, 9.17) is 0 Å². The number of nitrogens with zero attached hydrogens (tertiary/aromatic N) is 1. The van der Waals surface area contributed by atoms with E-state index in [2.05, 4.69) is 29.2 Å². The fourth-order valence-corrected chi connectivity index (χ4v) is 6.44. The van der Waals surface area contributed by atoms with Gasteiger partial charge in [0, 0.05) is 43.5 Å². The monoisotopic (exact) mass is 453 g/mol. The van der Waals surface area contributed by atoms with Crippen LogP contribution in [0.4, 0.5) is 14.5 Å². The molecule has 2 aromatic rings. The highest BCUT2D eigenvalue weighted by molar-refractivity contribution is 5.56. The molecule has 0 aromatic heterocycles.